The zero-order valence-electron chi connectivity index (χ0n) is 16.5. The number of hydrogen-bond acceptors (Lipinski definition) is 6. The highest BCUT2D eigenvalue weighted by atomic mass is 32.1. The fourth-order valence-corrected chi connectivity index (χ4v) is 3.87. The second kappa shape index (κ2) is 8.42. The summed E-state index contributed by atoms with van der Waals surface area (Å²) < 4.78 is 1.68. The van der Waals surface area contributed by atoms with Crippen LogP contribution in [0.4, 0.5) is 11.4 Å². The molecule has 8 nitrogen and oxygen atoms in total. The van der Waals surface area contributed by atoms with Crippen molar-refractivity contribution in [3.63, 3.8) is 0 Å². The number of aryl methyl sites for hydroxylation is 2. The van der Waals surface area contributed by atoms with Crippen LogP contribution in [0.15, 0.2) is 48.1 Å². The normalized spacial score (nSPS) is 10.9. The van der Waals surface area contributed by atoms with Crippen LogP contribution in [0, 0.1) is 13.8 Å². The van der Waals surface area contributed by atoms with Crippen LogP contribution in [0.2, 0.25) is 0 Å². The van der Waals surface area contributed by atoms with Gasteiger partial charge in [0.05, 0.1) is 4.88 Å². The van der Waals surface area contributed by atoms with E-state index < -0.39 is 0 Å². The molecule has 2 amide bonds. The van der Waals surface area contributed by atoms with E-state index in [1.54, 1.807) is 34.8 Å². The van der Waals surface area contributed by atoms with Gasteiger partial charge in [-0.1, -0.05) is 12.1 Å². The van der Waals surface area contributed by atoms with Gasteiger partial charge < -0.3 is 10.6 Å². The van der Waals surface area contributed by atoms with Crippen LogP contribution < -0.4 is 10.6 Å². The molecule has 30 heavy (non-hydrogen) atoms. The van der Waals surface area contributed by atoms with Gasteiger partial charge in [0, 0.05) is 29.2 Å². The lowest BCUT2D eigenvalue weighted by Gasteiger charge is -2.11. The first-order valence-corrected chi connectivity index (χ1v) is 10.3. The molecule has 4 aromatic rings. The summed E-state index contributed by atoms with van der Waals surface area (Å²) in [6.07, 6.45) is 2.31. The van der Waals surface area contributed by atoms with Crippen molar-refractivity contribution in [2.45, 2.75) is 26.7 Å². The highest BCUT2D eigenvalue weighted by molar-refractivity contribution is 7.12. The fraction of sp³-hybridized carbons (Fsp3) is 0.190. The minimum absolute atomic E-state index is 0.116. The first-order chi connectivity index (χ1) is 14.5. The predicted molar refractivity (Wildman–Crippen MR) is 116 cm³/mol. The van der Waals surface area contributed by atoms with Crippen molar-refractivity contribution in [1.82, 2.24) is 19.6 Å². The molecule has 0 aliphatic carbocycles. The number of aromatic nitrogens is 4. The second-order valence-corrected chi connectivity index (χ2v) is 7.74. The van der Waals surface area contributed by atoms with Gasteiger partial charge in [-0.25, -0.2) is 9.50 Å². The van der Waals surface area contributed by atoms with Gasteiger partial charge in [-0.3, -0.25) is 9.59 Å². The molecule has 2 N–H and O–H groups in total. The predicted octanol–water partition coefficient (Wildman–Crippen LogP) is 3.63. The molecular formula is C21H20N6O2S. The Hall–Kier alpha value is -3.59. The van der Waals surface area contributed by atoms with Gasteiger partial charge in [-0.05, 0) is 55.5 Å². The smallest absolute Gasteiger partial charge is 0.265 e. The molecular weight excluding hydrogens is 400 g/mol. The minimum Gasteiger partial charge on any atom is -0.326 e. The molecule has 0 aliphatic heterocycles. The van der Waals surface area contributed by atoms with Gasteiger partial charge in [0.2, 0.25) is 5.91 Å². The van der Waals surface area contributed by atoms with Crippen LogP contribution in [0.5, 0.6) is 0 Å². The molecule has 3 aromatic heterocycles. The van der Waals surface area contributed by atoms with Crippen molar-refractivity contribution in [1.29, 1.82) is 0 Å². The first kappa shape index (κ1) is 19.7. The van der Waals surface area contributed by atoms with E-state index in [1.807, 2.05) is 25.3 Å². The van der Waals surface area contributed by atoms with Gasteiger partial charge in [-0.2, -0.15) is 10.1 Å². The Morgan fingerprint density at radius 3 is 2.67 bits per heavy atom. The van der Waals surface area contributed by atoms with Crippen molar-refractivity contribution in [2.24, 2.45) is 0 Å². The number of amides is 2. The number of carbonyl (C=O) groups is 2. The van der Waals surface area contributed by atoms with Crippen LogP contribution in [0.1, 0.15) is 33.0 Å². The van der Waals surface area contributed by atoms with Crippen molar-refractivity contribution < 1.29 is 9.59 Å². The topological polar surface area (TPSA) is 101 Å². The Morgan fingerprint density at radius 2 is 1.90 bits per heavy atom. The molecule has 0 unspecified atom stereocenters. The molecule has 4 rings (SSSR count). The number of hydrogen-bond donors (Lipinski definition) is 2. The maximum atomic E-state index is 12.5. The summed E-state index contributed by atoms with van der Waals surface area (Å²) in [5.74, 6) is 0.268. The van der Waals surface area contributed by atoms with E-state index in [0.29, 0.717) is 34.9 Å². The maximum absolute atomic E-state index is 12.5. The van der Waals surface area contributed by atoms with Crippen molar-refractivity contribution >= 4 is 40.3 Å². The molecule has 9 heteroatoms. The Morgan fingerprint density at radius 1 is 1.10 bits per heavy atom. The number of thiophene rings is 1. The standard InChI is InChI=1S/C21H20N6O2S/c1-13-17(14(2)27-21(24-13)22-12-23-27)8-9-19(28)25-15-5-3-6-16(11-15)26-20(29)18-7-4-10-30-18/h3-7,10-12H,8-9H2,1-2H3,(H,25,28)(H,26,29). The minimum atomic E-state index is -0.171. The number of carbonyl (C=O) groups excluding carboxylic acids is 2. The lowest BCUT2D eigenvalue weighted by molar-refractivity contribution is -0.116. The highest BCUT2D eigenvalue weighted by Crippen LogP contribution is 2.19. The zero-order chi connectivity index (χ0) is 21.1. The summed E-state index contributed by atoms with van der Waals surface area (Å²) in [6.45, 7) is 3.86. The fourth-order valence-electron chi connectivity index (χ4n) is 3.25. The maximum Gasteiger partial charge on any atom is 0.265 e. The molecule has 3 heterocycles. The lowest BCUT2D eigenvalue weighted by Crippen LogP contribution is -2.15. The van der Waals surface area contributed by atoms with E-state index >= 15 is 0 Å². The summed E-state index contributed by atoms with van der Waals surface area (Å²) >= 11 is 1.38. The van der Waals surface area contributed by atoms with Gasteiger partial charge >= 0.3 is 0 Å². The summed E-state index contributed by atoms with van der Waals surface area (Å²) in [6, 6.07) is 10.7. The van der Waals surface area contributed by atoms with Crippen LogP contribution >= 0.6 is 11.3 Å². The van der Waals surface area contributed by atoms with E-state index in [9.17, 15) is 9.59 Å². The lowest BCUT2D eigenvalue weighted by atomic mass is 10.1. The largest absolute Gasteiger partial charge is 0.326 e. The quantitative estimate of drug-likeness (QED) is 0.496. The molecule has 0 fully saturated rings. The van der Waals surface area contributed by atoms with Crippen molar-refractivity contribution in [3.8, 4) is 0 Å². The van der Waals surface area contributed by atoms with Crippen molar-refractivity contribution in [3.05, 3.63) is 69.9 Å². The number of anilines is 2. The average molecular weight is 420 g/mol. The number of nitrogens with one attached hydrogen (secondary N) is 2. The van der Waals surface area contributed by atoms with Crippen LogP contribution in [-0.4, -0.2) is 31.4 Å². The Bertz CT molecular complexity index is 1220. The Balaban J connectivity index is 1.39. The molecule has 0 spiro atoms. The van der Waals surface area contributed by atoms with Crippen LogP contribution in [0.25, 0.3) is 5.78 Å². The Kier molecular flexibility index (Phi) is 5.53. The Labute approximate surface area is 177 Å². The monoisotopic (exact) mass is 420 g/mol. The van der Waals surface area contributed by atoms with E-state index in [1.165, 1.54) is 17.7 Å². The van der Waals surface area contributed by atoms with E-state index in [2.05, 4.69) is 25.7 Å². The SMILES string of the molecule is Cc1nc2ncnn2c(C)c1CCC(=O)Nc1cccc(NC(=O)c2cccs2)c1. The highest BCUT2D eigenvalue weighted by Gasteiger charge is 2.13. The molecule has 0 atom stereocenters. The van der Waals surface area contributed by atoms with Gasteiger partial charge in [-0.15, -0.1) is 11.3 Å². The summed E-state index contributed by atoms with van der Waals surface area (Å²) in [5.41, 5.74) is 4.02. The first-order valence-electron chi connectivity index (χ1n) is 9.42. The third kappa shape index (κ3) is 4.20. The van der Waals surface area contributed by atoms with Gasteiger partial charge in [0.25, 0.3) is 11.7 Å². The molecule has 0 aliphatic rings. The van der Waals surface area contributed by atoms with E-state index in [-0.39, 0.29) is 11.8 Å². The average Bonchev–Trinajstić information content (AvgIpc) is 3.40. The molecule has 0 saturated heterocycles. The van der Waals surface area contributed by atoms with Crippen molar-refractivity contribution in [2.75, 3.05) is 10.6 Å². The number of rotatable bonds is 6. The second-order valence-electron chi connectivity index (χ2n) is 6.79. The van der Waals surface area contributed by atoms with Gasteiger partial charge in [0.1, 0.15) is 6.33 Å². The van der Waals surface area contributed by atoms with Gasteiger partial charge in [0.15, 0.2) is 0 Å². The molecule has 0 bridgehead atoms. The molecule has 0 saturated carbocycles. The van der Waals surface area contributed by atoms with Crippen LogP contribution in [0.3, 0.4) is 0 Å². The number of benzene rings is 1. The van der Waals surface area contributed by atoms with Crippen LogP contribution in [-0.2, 0) is 11.2 Å². The van der Waals surface area contributed by atoms with E-state index in [4.69, 9.17) is 0 Å². The zero-order valence-corrected chi connectivity index (χ0v) is 17.4. The number of fused-ring (bicyclic) bond motifs is 1. The summed E-state index contributed by atoms with van der Waals surface area (Å²) in [5, 5.41) is 11.8. The molecule has 0 radical (unpaired) electrons. The third-order valence-electron chi connectivity index (χ3n) is 4.74. The summed E-state index contributed by atoms with van der Waals surface area (Å²) in [7, 11) is 0. The molecule has 152 valence electrons. The third-order valence-corrected chi connectivity index (χ3v) is 5.61. The summed E-state index contributed by atoms with van der Waals surface area (Å²) in [4.78, 5) is 33.9. The van der Waals surface area contributed by atoms with E-state index in [0.717, 1.165) is 17.0 Å². The molecule has 1 aromatic carbocycles. The number of nitrogens with zero attached hydrogens (tertiary/aromatic N) is 4.